The molecule has 0 fully saturated rings. The number of nitrogens with one attached hydrogen (secondary N) is 1. The van der Waals surface area contributed by atoms with E-state index >= 15 is 0 Å². The summed E-state index contributed by atoms with van der Waals surface area (Å²) in [4.78, 5) is 26.9. The zero-order valence-electron chi connectivity index (χ0n) is 18.5. The van der Waals surface area contributed by atoms with Crippen LogP contribution in [-0.2, 0) is 35.0 Å². The largest absolute Gasteiger partial charge is 0.444 e. The zero-order chi connectivity index (χ0) is 25.5. The van der Waals surface area contributed by atoms with Crippen LogP contribution in [0.4, 0.5) is 31.1 Å². The first-order valence-electron chi connectivity index (χ1n) is 10.2. The van der Waals surface area contributed by atoms with E-state index in [4.69, 9.17) is 4.74 Å². The Morgan fingerprint density at radius 1 is 0.971 bits per heavy atom. The highest BCUT2D eigenvalue weighted by atomic mass is 19.4. The van der Waals surface area contributed by atoms with Gasteiger partial charge in [0.05, 0.1) is 17.7 Å². The topological polar surface area (TPSA) is 58.6 Å². The molecule has 3 rings (SSSR count). The van der Waals surface area contributed by atoms with Crippen molar-refractivity contribution in [1.29, 1.82) is 0 Å². The third-order valence-corrected chi connectivity index (χ3v) is 4.99. The molecule has 34 heavy (non-hydrogen) atoms. The average Bonchev–Trinajstić information content (AvgIpc) is 3.09. The Morgan fingerprint density at radius 2 is 1.53 bits per heavy atom. The van der Waals surface area contributed by atoms with Gasteiger partial charge in [-0.15, -0.1) is 0 Å². The minimum absolute atomic E-state index is 0.0166. The van der Waals surface area contributed by atoms with Crippen LogP contribution in [0.3, 0.4) is 0 Å². The first kappa shape index (κ1) is 25.4. The van der Waals surface area contributed by atoms with E-state index in [1.165, 1.54) is 4.90 Å². The number of carbonyl (C=O) groups is 2. The number of ether oxygens (including phenoxy) is 1. The Balaban J connectivity index is 1.87. The molecule has 5 nitrogen and oxygen atoms in total. The van der Waals surface area contributed by atoms with Crippen LogP contribution in [0.2, 0.25) is 0 Å². The molecule has 2 aromatic rings. The molecule has 1 atom stereocenters. The fourth-order valence-electron chi connectivity index (χ4n) is 3.57. The molecule has 2 aromatic carbocycles. The van der Waals surface area contributed by atoms with Crippen molar-refractivity contribution in [2.24, 2.45) is 0 Å². The molecule has 0 spiro atoms. The molecular formula is C23H22F6N2O3. The van der Waals surface area contributed by atoms with Crippen molar-refractivity contribution >= 4 is 12.0 Å². The van der Waals surface area contributed by atoms with Crippen molar-refractivity contribution in [1.82, 2.24) is 10.2 Å². The minimum atomic E-state index is -5.00. The van der Waals surface area contributed by atoms with Crippen molar-refractivity contribution in [2.45, 2.75) is 57.9 Å². The van der Waals surface area contributed by atoms with Crippen LogP contribution in [-0.4, -0.2) is 22.5 Å². The van der Waals surface area contributed by atoms with Crippen LogP contribution >= 0.6 is 0 Å². The van der Waals surface area contributed by atoms with Gasteiger partial charge in [-0.25, -0.2) is 4.79 Å². The molecule has 11 heteroatoms. The van der Waals surface area contributed by atoms with Crippen molar-refractivity contribution in [2.75, 3.05) is 0 Å². The van der Waals surface area contributed by atoms with Gasteiger partial charge in [-0.1, -0.05) is 24.3 Å². The van der Waals surface area contributed by atoms with E-state index in [-0.39, 0.29) is 18.2 Å². The van der Waals surface area contributed by atoms with Gasteiger partial charge < -0.3 is 10.1 Å². The molecule has 0 bridgehead atoms. The smallest absolute Gasteiger partial charge is 0.416 e. The summed E-state index contributed by atoms with van der Waals surface area (Å²) < 4.78 is 84.0. The van der Waals surface area contributed by atoms with Crippen LogP contribution in [0.25, 0.3) is 0 Å². The highest BCUT2D eigenvalue weighted by Crippen LogP contribution is 2.37. The molecule has 1 heterocycles. The van der Waals surface area contributed by atoms with Crippen molar-refractivity contribution < 1.29 is 40.7 Å². The third kappa shape index (κ3) is 5.81. The average molecular weight is 488 g/mol. The summed E-state index contributed by atoms with van der Waals surface area (Å²) in [5, 5.41) is 2.36. The van der Waals surface area contributed by atoms with Gasteiger partial charge in [-0.05, 0) is 55.7 Å². The number of amides is 2. The van der Waals surface area contributed by atoms with Crippen molar-refractivity contribution in [3.05, 3.63) is 70.3 Å². The molecule has 0 radical (unpaired) electrons. The Labute approximate surface area is 191 Å². The van der Waals surface area contributed by atoms with Gasteiger partial charge in [-0.2, -0.15) is 26.3 Å². The number of rotatable bonds is 3. The second-order valence-electron chi connectivity index (χ2n) is 8.84. The quantitative estimate of drug-likeness (QED) is 0.553. The summed E-state index contributed by atoms with van der Waals surface area (Å²) in [5.41, 5.74) is -3.02. The third-order valence-electron chi connectivity index (χ3n) is 4.99. The molecule has 1 N–H and O–H groups in total. The maximum absolute atomic E-state index is 13.1. The highest BCUT2D eigenvalue weighted by molar-refractivity contribution is 5.88. The maximum atomic E-state index is 13.1. The summed E-state index contributed by atoms with van der Waals surface area (Å²) in [6.45, 7) is 4.40. The minimum Gasteiger partial charge on any atom is -0.444 e. The van der Waals surface area contributed by atoms with E-state index in [1.807, 2.05) is 0 Å². The van der Waals surface area contributed by atoms with Crippen LogP contribution in [0.5, 0.6) is 0 Å². The van der Waals surface area contributed by atoms with Crippen LogP contribution in [0, 0.1) is 0 Å². The molecule has 184 valence electrons. The van der Waals surface area contributed by atoms with E-state index < -0.39 is 53.7 Å². The second-order valence-corrected chi connectivity index (χ2v) is 8.84. The first-order chi connectivity index (χ1) is 15.6. The molecular weight excluding hydrogens is 466 g/mol. The SMILES string of the molecule is CC(C)(C)OC(=O)N1Cc2ccccc2C1C(=O)NCc1cc(C(F)(F)F)cc(C(F)(F)F)c1. The van der Waals surface area contributed by atoms with E-state index in [9.17, 15) is 35.9 Å². The lowest BCUT2D eigenvalue weighted by molar-refractivity contribution is -0.143. The van der Waals surface area contributed by atoms with Gasteiger partial charge in [0, 0.05) is 6.54 Å². The van der Waals surface area contributed by atoms with Crippen LogP contribution in [0.1, 0.15) is 54.6 Å². The molecule has 1 unspecified atom stereocenters. The van der Waals surface area contributed by atoms with E-state index in [2.05, 4.69) is 5.32 Å². The Morgan fingerprint density at radius 3 is 2.06 bits per heavy atom. The predicted molar refractivity (Wildman–Crippen MR) is 109 cm³/mol. The summed E-state index contributed by atoms with van der Waals surface area (Å²) in [6, 6.07) is 6.65. The lowest BCUT2D eigenvalue weighted by atomic mass is 10.0. The number of benzene rings is 2. The molecule has 0 saturated heterocycles. The Bertz CT molecular complexity index is 1060. The van der Waals surface area contributed by atoms with Gasteiger partial charge in [0.25, 0.3) is 0 Å². The molecule has 0 saturated carbocycles. The van der Waals surface area contributed by atoms with Gasteiger partial charge >= 0.3 is 18.4 Å². The van der Waals surface area contributed by atoms with Crippen LogP contribution < -0.4 is 5.32 Å². The van der Waals surface area contributed by atoms with E-state index in [0.29, 0.717) is 23.3 Å². The Kier molecular flexibility index (Phi) is 6.60. The molecule has 0 aliphatic carbocycles. The summed E-state index contributed by atoms with van der Waals surface area (Å²) in [6.07, 6.45) is -10.8. The van der Waals surface area contributed by atoms with Gasteiger partial charge in [0.15, 0.2) is 0 Å². The van der Waals surface area contributed by atoms with E-state index in [1.54, 1.807) is 45.0 Å². The monoisotopic (exact) mass is 488 g/mol. The first-order valence-corrected chi connectivity index (χ1v) is 10.2. The fraction of sp³-hybridized carbons (Fsp3) is 0.391. The van der Waals surface area contributed by atoms with Gasteiger partial charge in [0.2, 0.25) is 5.91 Å². The zero-order valence-corrected chi connectivity index (χ0v) is 18.5. The lowest BCUT2D eigenvalue weighted by Crippen LogP contribution is -2.42. The molecule has 2 amide bonds. The van der Waals surface area contributed by atoms with Crippen molar-refractivity contribution in [3.63, 3.8) is 0 Å². The number of nitrogens with zero attached hydrogens (tertiary/aromatic N) is 1. The number of hydrogen-bond donors (Lipinski definition) is 1. The standard InChI is InChI=1S/C23H22F6N2O3/c1-21(2,3)34-20(33)31-12-14-6-4-5-7-17(14)18(31)19(32)30-11-13-8-15(22(24,25)26)10-16(9-13)23(27,28)29/h4-10,18H,11-12H2,1-3H3,(H,30,32). The van der Waals surface area contributed by atoms with Crippen LogP contribution in [0.15, 0.2) is 42.5 Å². The van der Waals surface area contributed by atoms with Crippen molar-refractivity contribution in [3.8, 4) is 0 Å². The normalized spacial score (nSPS) is 16.3. The number of hydrogen-bond acceptors (Lipinski definition) is 3. The molecule has 1 aliphatic heterocycles. The number of alkyl halides is 6. The molecule has 0 aromatic heterocycles. The predicted octanol–water partition coefficient (Wildman–Crippen LogP) is 5.83. The van der Waals surface area contributed by atoms with Gasteiger partial charge in [-0.3, -0.25) is 9.69 Å². The lowest BCUT2D eigenvalue weighted by Gasteiger charge is -2.28. The highest BCUT2D eigenvalue weighted by Gasteiger charge is 2.41. The van der Waals surface area contributed by atoms with Gasteiger partial charge in [0.1, 0.15) is 11.6 Å². The fourth-order valence-corrected chi connectivity index (χ4v) is 3.57. The number of carbonyl (C=O) groups excluding carboxylic acids is 2. The second kappa shape index (κ2) is 8.84. The number of halogens is 6. The number of fused-ring (bicyclic) bond motifs is 1. The maximum Gasteiger partial charge on any atom is 0.416 e. The summed E-state index contributed by atoms with van der Waals surface area (Å²) >= 11 is 0. The summed E-state index contributed by atoms with van der Waals surface area (Å²) in [5.74, 6) is -0.762. The summed E-state index contributed by atoms with van der Waals surface area (Å²) in [7, 11) is 0. The Hall–Kier alpha value is -3.24. The van der Waals surface area contributed by atoms with E-state index in [0.717, 1.165) is 0 Å². The molecule has 1 aliphatic rings.